The largest absolute Gasteiger partial charge is 0.361 e. The fraction of sp³-hybridized carbons (Fsp3) is 0.267. The Kier molecular flexibility index (Phi) is 2.67. The van der Waals surface area contributed by atoms with Gasteiger partial charge in [-0.1, -0.05) is 17.7 Å². The first kappa shape index (κ1) is 11.1. The van der Waals surface area contributed by atoms with E-state index in [2.05, 4.69) is 18.0 Å². The van der Waals surface area contributed by atoms with Gasteiger partial charge in [-0.25, -0.2) is 0 Å². The summed E-state index contributed by atoms with van der Waals surface area (Å²) in [5.41, 5.74) is 3.09. The molecule has 0 fully saturated rings. The quantitative estimate of drug-likeness (QED) is 0.764. The molecular weight excluding hydrogens is 224 g/mol. The van der Waals surface area contributed by atoms with E-state index in [1.54, 1.807) is 0 Å². The monoisotopic (exact) mass is 240 g/mol. The molecule has 1 N–H and O–H groups in total. The van der Waals surface area contributed by atoms with Gasteiger partial charge in [0.15, 0.2) is 0 Å². The van der Waals surface area contributed by atoms with Crippen molar-refractivity contribution in [3.8, 4) is 0 Å². The lowest BCUT2D eigenvalue weighted by atomic mass is 10.1. The van der Waals surface area contributed by atoms with Gasteiger partial charge < -0.3 is 9.88 Å². The fourth-order valence-electron chi connectivity index (χ4n) is 2.53. The van der Waals surface area contributed by atoms with Crippen molar-refractivity contribution in [3.63, 3.8) is 0 Å². The number of aromatic amines is 1. The molecule has 2 aromatic rings. The van der Waals surface area contributed by atoms with Crippen LogP contribution in [0, 0.1) is 0 Å². The molecule has 0 bridgehead atoms. The SMILES string of the molecule is CC1=CCCN(C(=O)c2cccc3[nH]ccc23)C1. The third-order valence-electron chi connectivity index (χ3n) is 3.44. The number of nitrogens with one attached hydrogen (secondary N) is 1. The summed E-state index contributed by atoms with van der Waals surface area (Å²) < 4.78 is 0. The predicted octanol–water partition coefficient (Wildman–Crippen LogP) is 2.96. The number of nitrogens with zero attached hydrogens (tertiary/aromatic N) is 1. The second kappa shape index (κ2) is 4.33. The first-order valence-electron chi connectivity index (χ1n) is 6.27. The average Bonchev–Trinajstić information content (AvgIpc) is 2.86. The second-order valence-corrected chi connectivity index (χ2v) is 4.81. The predicted molar refractivity (Wildman–Crippen MR) is 72.6 cm³/mol. The number of hydrogen-bond acceptors (Lipinski definition) is 1. The highest BCUT2D eigenvalue weighted by molar-refractivity contribution is 6.06. The first-order chi connectivity index (χ1) is 8.75. The van der Waals surface area contributed by atoms with Crippen LogP contribution in [-0.2, 0) is 0 Å². The molecule has 3 nitrogen and oxygen atoms in total. The Morgan fingerprint density at radius 1 is 1.33 bits per heavy atom. The third kappa shape index (κ3) is 1.82. The molecule has 0 spiro atoms. The van der Waals surface area contributed by atoms with E-state index in [4.69, 9.17) is 0 Å². The molecule has 3 heteroatoms. The molecule has 1 aliphatic rings. The molecule has 0 unspecified atom stereocenters. The van der Waals surface area contributed by atoms with E-state index < -0.39 is 0 Å². The van der Waals surface area contributed by atoms with Crippen LogP contribution < -0.4 is 0 Å². The van der Waals surface area contributed by atoms with Crippen LogP contribution in [0.15, 0.2) is 42.1 Å². The van der Waals surface area contributed by atoms with Gasteiger partial charge in [-0.15, -0.1) is 0 Å². The standard InChI is InChI=1S/C15H16N2O/c1-11-4-3-9-17(10-11)15(18)13-5-2-6-14-12(13)7-8-16-14/h2,4-8,16H,3,9-10H2,1H3. The Morgan fingerprint density at radius 3 is 3.06 bits per heavy atom. The van der Waals surface area contributed by atoms with Crippen molar-refractivity contribution in [2.75, 3.05) is 13.1 Å². The van der Waals surface area contributed by atoms with Crippen molar-refractivity contribution < 1.29 is 4.79 Å². The van der Waals surface area contributed by atoms with Crippen LogP contribution in [0.1, 0.15) is 23.7 Å². The fourth-order valence-corrected chi connectivity index (χ4v) is 2.53. The number of hydrogen-bond donors (Lipinski definition) is 1. The summed E-state index contributed by atoms with van der Waals surface area (Å²) in [5.74, 6) is 0.132. The van der Waals surface area contributed by atoms with Crippen LogP contribution in [0.25, 0.3) is 10.9 Å². The maximum absolute atomic E-state index is 12.5. The van der Waals surface area contributed by atoms with Crippen LogP contribution in [0.5, 0.6) is 0 Å². The molecule has 0 radical (unpaired) electrons. The number of rotatable bonds is 1. The van der Waals surface area contributed by atoms with E-state index in [0.717, 1.165) is 36.0 Å². The smallest absolute Gasteiger partial charge is 0.254 e. The maximum Gasteiger partial charge on any atom is 0.254 e. The molecule has 18 heavy (non-hydrogen) atoms. The maximum atomic E-state index is 12.5. The summed E-state index contributed by atoms with van der Waals surface area (Å²) in [6.07, 6.45) is 5.05. The lowest BCUT2D eigenvalue weighted by molar-refractivity contribution is 0.0768. The van der Waals surface area contributed by atoms with Crippen molar-refractivity contribution in [2.45, 2.75) is 13.3 Å². The van der Waals surface area contributed by atoms with Gasteiger partial charge in [0.05, 0.1) is 0 Å². The summed E-state index contributed by atoms with van der Waals surface area (Å²) in [7, 11) is 0. The number of fused-ring (bicyclic) bond motifs is 1. The molecule has 2 heterocycles. The summed E-state index contributed by atoms with van der Waals surface area (Å²) >= 11 is 0. The zero-order valence-electron chi connectivity index (χ0n) is 10.4. The summed E-state index contributed by atoms with van der Waals surface area (Å²) in [6.45, 7) is 3.65. The number of carbonyl (C=O) groups excluding carboxylic acids is 1. The topological polar surface area (TPSA) is 36.1 Å². The van der Waals surface area contributed by atoms with E-state index in [-0.39, 0.29) is 5.91 Å². The van der Waals surface area contributed by atoms with E-state index in [1.165, 1.54) is 5.57 Å². The van der Waals surface area contributed by atoms with Gasteiger partial charge in [0.25, 0.3) is 5.91 Å². The number of aromatic nitrogens is 1. The molecule has 1 aliphatic heterocycles. The first-order valence-corrected chi connectivity index (χ1v) is 6.27. The molecule has 1 amide bonds. The lowest BCUT2D eigenvalue weighted by Gasteiger charge is -2.26. The Balaban J connectivity index is 1.97. The second-order valence-electron chi connectivity index (χ2n) is 4.81. The molecule has 1 aromatic carbocycles. The average molecular weight is 240 g/mol. The van der Waals surface area contributed by atoms with Crippen molar-refractivity contribution in [3.05, 3.63) is 47.7 Å². The number of benzene rings is 1. The summed E-state index contributed by atoms with van der Waals surface area (Å²) in [5, 5.41) is 1.01. The van der Waals surface area contributed by atoms with Gasteiger partial charge in [-0.2, -0.15) is 0 Å². The summed E-state index contributed by atoms with van der Waals surface area (Å²) in [4.78, 5) is 17.6. The molecule has 0 aliphatic carbocycles. The molecule has 92 valence electrons. The van der Waals surface area contributed by atoms with Crippen LogP contribution >= 0.6 is 0 Å². The van der Waals surface area contributed by atoms with Crippen molar-refractivity contribution >= 4 is 16.8 Å². The Hall–Kier alpha value is -2.03. The van der Waals surface area contributed by atoms with E-state index >= 15 is 0 Å². The van der Waals surface area contributed by atoms with E-state index in [1.807, 2.05) is 35.4 Å². The molecule has 0 atom stereocenters. The van der Waals surface area contributed by atoms with Gasteiger partial charge >= 0.3 is 0 Å². The number of carbonyl (C=O) groups is 1. The zero-order valence-corrected chi connectivity index (χ0v) is 10.4. The minimum absolute atomic E-state index is 0.132. The highest BCUT2D eigenvalue weighted by Crippen LogP contribution is 2.20. The normalized spacial score (nSPS) is 15.8. The Morgan fingerprint density at radius 2 is 2.22 bits per heavy atom. The van der Waals surface area contributed by atoms with Gasteiger partial charge in [0, 0.05) is 35.8 Å². The number of H-pyrrole nitrogens is 1. The van der Waals surface area contributed by atoms with Gasteiger partial charge in [-0.05, 0) is 31.5 Å². The summed E-state index contributed by atoms with van der Waals surface area (Å²) in [6, 6.07) is 7.80. The minimum Gasteiger partial charge on any atom is -0.361 e. The van der Waals surface area contributed by atoms with E-state index in [0.29, 0.717) is 0 Å². The van der Waals surface area contributed by atoms with Gasteiger partial charge in [0.1, 0.15) is 0 Å². The molecule has 3 rings (SSSR count). The van der Waals surface area contributed by atoms with Crippen LogP contribution in [0.2, 0.25) is 0 Å². The van der Waals surface area contributed by atoms with Crippen molar-refractivity contribution in [2.24, 2.45) is 0 Å². The van der Waals surface area contributed by atoms with Gasteiger partial charge in [0.2, 0.25) is 0 Å². The number of amides is 1. The third-order valence-corrected chi connectivity index (χ3v) is 3.44. The Labute approximate surface area is 106 Å². The Bertz CT molecular complexity index is 624. The molecular formula is C15H16N2O. The van der Waals surface area contributed by atoms with Crippen molar-refractivity contribution in [1.82, 2.24) is 9.88 Å². The molecule has 0 saturated heterocycles. The van der Waals surface area contributed by atoms with Crippen LogP contribution in [0.4, 0.5) is 0 Å². The highest BCUT2D eigenvalue weighted by atomic mass is 16.2. The lowest BCUT2D eigenvalue weighted by Crippen LogP contribution is -2.35. The highest BCUT2D eigenvalue weighted by Gasteiger charge is 2.19. The van der Waals surface area contributed by atoms with Crippen LogP contribution in [0.3, 0.4) is 0 Å². The van der Waals surface area contributed by atoms with Crippen molar-refractivity contribution in [1.29, 1.82) is 0 Å². The molecule has 1 aromatic heterocycles. The van der Waals surface area contributed by atoms with E-state index in [9.17, 15) is 4.79 Å². The molecule has 0 saturated carbocycles. The van der Waals surface area contributed by atoms with Crippen LogP contribution in [-0.4, -0.2) is 28.9 Å². The zero-order chi connectivity index (χ0) is 12.5. The minimum atomic E-state index is 0.132. The van der Waals surface area contributed by atoms with Gasteiger partial charge in [-0.3, -0.25) is 4.79 Å².